The van der Waals surface area contributed by atoms with Crippen molar-refractivity contribution in [3.8, 4) is 0 Å². The third kappa shape index (κ3) is 3.26. The SMILES string of the molecule is Brc1cnc(NC2CCOC3(CCCCC3)C2)nc1. The Bertz CT molecular complexity index is 412. The molecule has 1 unspecified atom stereocenters. The van der Waals surface area contributed by atoms with Gasteiger partial charge in [0.1, 0.15) is 0 Å². The van der Waals surface area contributed by atoms with Gasteiger partial charge in [-0.3, -0.25) is 0 Å². The Morgan fingerprint density at radius 3 is 2.68 bits per heavy atom. The molecule has 0 aromatic carbocycles. The van der Waals surface area contributed by atoms with E-state index in [0.717, 1.165) is 29.9 Å². The fourth-order valence-electron chi connectivity index (χ4n) is 3.26. The molecule has 1 aromatic rings. The maximum Gasteiger partial charge on any atom is 0.222 e. The fourth-order valence-corrected chi connectivity index (χ4v) is 3.47. The van der Waals surface area contributed by atoms with Gasteiger partial charge >= 0.3 is 0 Å². The number of nitrogens with one attached hydrogen (secondary N) is 1. The van der Waals surface area contributed by atoms with Crippen LogP contribution in [-0.2, 0) is 4.74 Å². The van der Waals surface area contributed by atoms with Crippen LogP contribution < -0.4 is 5.32 Å². The molecule has 1 aromatic heterocycles. The number of nitrogens with zero attached hydrogens (tertiary/aromatic N) is 2. The summed E-state index contributed by atoms with van der Waals surface area (Å²) in [7, 11) is 0. The van der Waals surface area contributed by atoms with Crippen LogP contribution in [0.5, 0.6) is 0 Å². The van der Waals surface area contributed by atoms with E-state index in [9.17, 15) is 0 Å². The zero-order chi connectivity index (χ0) is 13.1. The molecule has 2 fully saturated rings. The largest absolute Gasteiger partial charge is 0.375 e. The van der Waals surface area contributed by atoms with Crippen LogP contribution in [0.25, 0.3) is 0 Å². The van der Waals surface area contributed by atoms with E-state index in [1.165, 1.54) is 32.1 Å². The van der Waals surface area contributed by atoms with Crippen LogP contribution in [0, 0.1) is 0 Å². The lowest BCUT2D eigenvalue weighted by molar-refractivity contribution is -0.103. The number of hydrogen-bond donors (Lipinski definition) is 1. The van der Waals surface area contributed by atoms with Gasteiger partial charge in [-0.25, -0.2) is 9.97 Å². The monoisotopic (exact) mass is 325 g/mol. The zero-order valence-corrected chi connectivity index (χ0v) is 12.7. The van der Waals surface area contributed by atoms with Crippen LogP contribution >= 0.6 is 15.9 Å². The highest BCUT2D eigenvalue weighted by Gasteiger charge is 2.38. The van der Waals surface area contributed by atoms with Crippen molar-refractivity contribution < 1.29 is 4.74 Å². The van der Waals surface area contributed by atoms with E-state index in [4.69, 9.17) is 4.74 Å². The van der Waals surface area contributed by atoms with E-state index in [1.807, 2.05) is 0 Å². The summed E-state index contributed by atoms with van der Waals surface area (Å²) in [6.07, 6.45) is 12.1. The summed E-state index contributed by atoms with van der Waals surface area (Å²) < 4.78 is 7.02. The molecule has 1 spiro atoms. The summed E-state index contributed by atoms with van der Waals surface area (Å²) in [5.41, 5.74) is 0.129. The van der Waals surface area contributed by atoms with Gasteiger partial charge in [0.25, 0.3) is 0 Å². The second kappa shape index (κ2) is 5.75. The van der Waals surface area contributed by atoms with Crippen molar-refractivity contribution in [3.05, 3.63) is 16.9 Å². The lowest BCUT2D eigenvalue weighted by atomic mass is 9.78. The number of ether oxygens (including phenoxy) is 1. The Morgan fingerprint density at radius 2 is 1.95 bits per heavy atom. The molecule has 1 aliphatic heterocycles. The molecule has 1 N–H and O–H groups in total. The Hall–Kier alpha value is -0.680. The van der Waals surface area contributed by atoms with E-state index < -0.39 is 0 Å². The Balaban J connectivity index is 1.63. The minimum Gasteiger partial charge on any atom is -0.375 e. The lowest BCUT2D eigenvalue weighted by Crippen LogP contribution is -2.45. The van der Waals surface area contributed by atoms with E-state index in [-0.39, 0.29) is 5.60 Å². The third-order valence-corrected chi connectivity index (χ3v) is 4.62. The van der Waals surface area contributed by atoms with E-state index in [2.05, 4.69) is 31.2 Å². The first-order valence-corrected chi connectivity index (χ1v) is 7.93. The molecule has 0 radical (unpaired) electrons. The van der Waals surface area contributed by atoms with Crippen molar-refractivity contribution in [2.45, 2.75) is 56.6 Å². The summed E-state index contributed by atoms with van der Waals surface area (Å²) in [5.74, 6) is 0.723. The van der Waals surface area contributed by atoms with Crippen molar-refractivity contribution in [2.24, 2.45) is 0 Å². The predicted octanol–water partition coefficient (Wildman–Crippen LogP) is 3.53. The van der Waals surface area contributed by atoms with Gasteiger partial charge in [-0.15, -0.1) is 0 Å². The third-order valence-electron chi connectivity index (χ3n) is 4.21. The normalized spacial score (nSPS) is 26.3. The summed E-state index contributed by atoms with van der Waals surface area (Å²) in [6.45, 7) is 0.855. The molecule has 5 heteroatoms. The van der Waals surface area contributed by atoms with Crippen LogP contribution in [-0.4, -0.2) is 28.2 Å². The van der Waals surface area contributed by atoms with Gasteiger partial charge in [0.05, 0.1) is 10.1 Å². The number of rotatable bonds is 2. The lowest BCUT2D eigenvalue weighted by Gasteiger charge is -2.43. The van der Waals surface area contributed by atoms with Crippen LogP contribution in [0.3, 0.4) is 0 Å². The van der Waals surface area contributed by atoms with Gasteiger partial charge in [-0.2, -0.15) is 0 Å². The molecule has 1 atom stereocenters. The highest BCUT2D eigenvalue weighted by Crippen LogP contribution is 2.39. The molecule has 19 heavy (non-hydrogen) atoms. The average molecular weight is 326 g/mol. The maximum absolute atomic E-state index is 6.11. The van der Waals surface area contributed by atoms with Crippen LogP contribution in [0.15, 0.2) is 16.9 Å². The smallest absolute Gasteiger partial charge is 0.222 e. The molecule has 104 valence electrons. The summed E-state index contributed by atoms with van der Waals surface area (Å²) in [4.78, 5) is 8.59. The predicted molar refractivity (Wildman–Crippen MR) is 78.1 cm³/mol. The molecule has 3 rings (SSSR count). The molecule has 0 bridgehead atoms. The first kappa shape index (κ1) is 13.3. The molecule has 1 aliphatic carbocycles. The van der Waals surface area contributed by atoms with E-state index in [0.29, 0.717) is 6.04 Å². The first-order chi connectivity index (χ1) is 9.26. The van der Waals surface area contributed by atoms with E-state index >= 15 is 0 Å². The minimum atomic E-state index is 0.129. The molecule has 2 heterocycles. The van der Waals surface area contributed by atoms with Gasteiger partial charge in [0.2, 0.25) is 5.95 Å². The number of hydrogen-bond acceptors (Lipinski definition) is 4. The first-order valence-electron chi connectivity index (χ1n) is 7.14. The van der Waals surface area contributed by atoms with Gasteiger partial charge in [0.15, 0.2) is 0 Å². The van der Waals surface area contributed by atoms with Crippen molar-refractivity contribution in [1.82, 2.24) is 9.97 Å². The molecule has 1 saturated heterocycles. The van der Waals surface area contributed by atoms with Crippen LogP contribution in [0.1, 0.15) is 44.9 Å². The van der Waals surface area contributed by atoms with Gasteiger partial charge in [-0.1, -0.05) is 19.3 Å². The van der Waals surface area contributed by atoms with Crippen molar-refractivity contribution in [1.29, 1.82) is 0 Å². The number of aromatic nitrogens is 2. The highest BCUT2D eigenvalue weighted by molar-refractivity contribution is 9.10. The second-order valence-corrected chi connectivity index (χ2v) is 6.57. The number of halogens is 1. The molecule has 2 aliphatic rings. The summed E-state index contributed by atoms with van der Waals surface area (Å²) in [6, 6.07) is 0.438. The summed E-state index contributed by atoms with van der Waals surface area (Å²) >= 11 is 3.36. The Labute approximate surface area is 122 Å². The van der Waals surface area contributed by atoms with Gasteiger partial charge < -0.3 is 10.1 Å². The van der Waals surface area contributed by atoms with Crippen molar-refractivity contribution in [2.75, 3.05) is 11.9 Å². The molecule has 4 nitrogen and oxygen atoms in total. The molecule has 0 amide bonds. The van der Waals surface area contributed by atoms with Gasteiger partial charge in [0, 0.05) is 25.0 Å². The van der Waals surface area contributed by atoms with Crippen LogP contribution in [0.2, 0.25) is 0 Å². The molecular formula is C14H20BrN3O. The Morgan fingerprint density at radius 1 is 1.21 bits per heavy atom. The standard InChI is InChI=1S/C14H20BrN3O/c15-11-9-16-13(17-10-11)18-12-4-7-19-14(8-12)5-2-1-3-6-14/h9-10,12H,1-8H2,(H,16,17,18). The minimum absolute atomic E-state index is 0.129. The number of anilines is 1. The zero-order valence-electron chi connectivity index (χ0n) is 11.1. The molecule has 1 saturated carbocycles. The quantitative estimate of drug-likeness (QED) is 0.903. The topological polar surface area (TPSA) is 47.0 Å². The second-order valence-electron chi connectivity index (χ2n) is 5.65. The van der Waals surface area contributed by atoms with Crippen LogP contribution in [0.4, 0.5) is 5.95 Å². The fraction of sp³-hybridized carbons (Fsp3) is 0.714. The van der Waals surface area contributed by atoms with Gasteiger partial charge in [-0.05, 0) is 41.6 Å². The summed E-state index contributed by atoms with van der Waals surface area (Å²) in [5, 5.41) is 3.46. The van der Waals surface area contributed by atoms with Crippen molar-refractivity contribution >= 4 is 21.9 Å². The van der Waals surface area contributed by atoms with E-state index in [1.54, 1.807) is 12.4 Å². The Kier molecular flexibility index (Phi) is 4.03. The average Bonchev–Trinajstić information content (AvgIpc) is 2.42. The van der Waals surface area contributed by atoms with Crippen molar-refractivity contribution in [3.63, 3.8) is 0 Å². The molecular weight excluding hydrogens is 306 g/mol. The highest BCUT2D eigenvalue weighted by atomic mass is 79.9. The maximum atomic E-state index is 6.11.